The Bertz CT molecular complexity index is 666. The number of carboxylic acid groups (broad SMARTS) is 1. The quantitative estimate of drug-likeness (QED) is 0.661. The molecule has 2 aromatic rings. The lowest BCUT2D eigenvalue weighted by atomic mass is 10.2. The molecular formula is C12H8BrNO6. The minimum atomic E-state index is -1.22. The lowest BCUT2D eigenvalue weighted by Gasteiger charge is -2.06. The minimum absolute atomic E-state index is 0.0516. The van der Waals surface area contributed by atoms with Gasteiger partial charge in [0, 0.05) is 16.1 Å². The molecule has 0 aliphatic carbocycles. The second kappa shape index (κ2) is 5.74. The van der Waals surface area contributed by atoms with Crippen LogP contribution in [0.15, 0.2) is 39.4 Å². The van der Waals surface area contributed by atoms with Crippen molar-refractivity contribution >= 4 is 27.6 Å². The Balaban J connectivity index is 2.21. The molecule has 1 aromatic heterocycles. The molecule has 1 heterocycles. The van der Waals surface area contributed by atoms with E-state index in [-0.39, 0.29) is 23.8 Å². The largest absolute Gasteiger partial charge is 0.482 e. The molecule has 2 rings (SSSR count). The number of hydrogen-bond acceptors (Lipinski definition) is 5. The summed E-state index contributed by atoms with van der Waals surface area (Å²) in [5.74, 6) is -1.42. The molecule has 1 N–H and O–H groups in total. The van der Waals surface area contributed by atoms with Crippen LogP contribution in [0.25, 0.3) is 0 Å². The Labute approximate surface area is 121 Å². The van der Waals surface area contributed by atoms with Crippen LogP contribution in [0.2, 0.25) is 0 Å². The van der Waals surface area contributed by atoms with E-state index in [0.717, 1.165) is 0 Å². The molecule has 8 heteroatoms. The first-order valence-corrected chi connectivity index (χ1v) is 6.14. The maximum absolute atomic E-state index is 10.9. The number of halogens is 1. The molecule has 0 spiro atoms. The first-order chi connectivity index (χ1) is 9.49. The number of nitrogens with zero attached hydrogens (tertiary/aromatic N) is 1. The number of benzene rings is 1. The Morgan fingerprint density at radius 3 is 2.85 bits per heavy atom. The molecule has 0 bridgehead atoms. The summed E-state index contributed by atoms with van der Waals surface area (Å²) in [6.07, 6.45) is 1.22. The van der Waals surface area contributed by atoms with Gasteiger partial charge in [-0.3, -0.25) is 10.1 Å². The number of ether oxygens (including phenoxy) is 1. The van der Waals surface area contributed by atoms with E-state index in [1.807, 2.05) is 0 Å². The van der Waals surface area contributed by atoms with Crippen molar-refractivity contribution in [1.29, 1.82) is 0 Å². The first kappa shape index (κ1) is 14.1. The number of carbonyl (C=O) groups is 1. The number of nitro benzene ring substituents is 1. The number of carboxylic acids is 1. The third-order valence-corrected chi connectivity index (χ3v) is 2.94. The van der Waals surface area contributed by atoms with E-state index in [4.69, 9.17) is 14.3 Å². The summed E-state index contributed by atoms with van der Waals surface area (Å²) in [4.78, 5) is 21.2. The van der Waals surface area contributed by atoms with E-state index < -0.39 is 10.9 Å². The highest BCUT2D eigenvalue weighted by molar-refractivity contribution is 9.10. The average Bonchev–Trinajstić information content (AvgIpc) is 2.85. The zero-order chi connectivity index (χ0) is 14.7. The van der Waals surface area contributed by atoms with E-state index >= 15 is 0 Å². The Morgan fingerprint density at radius 1 is 1.45 bits per heavy atom. The highest BCUT2D eigenvalue weighted by Crippen LogP contribution is 2.30. The van der Waals surface area contributed by atoms with Gasteiger partial charge in [-0.15, -0.1) is 0 Å². The summed E-state index contributed by atoms with van der Waals surface area (Å²) in [5, 5.41) is 19.8. The summed E-state index contributed by atoms with van der Waals surface area (Å²) < 4.78 is 10.6. The van der Waals surface area contributed by atoms with Gasteiger partial charge in [-0.25, -0.2) is 4.79 Å². The summed E-state index contributed by atoms with van der Waals surface area (Å²) in [6, 6.07) is 5.77. The molecule has 0 aliphatic rings. The van der Waals surface area contributed by atoms with E-state index in [9.17, 15) is 14.9 Å². The average molecular weight is 342 g/mol. The number of nitro groups is 1. The van der Waals surface area contributed by atoms with Gasteiger partial charge in [0.2, 0.25) is 5.76 Å². The van der Waals surface area contributed by atoms with Crippen LogP contribution in [-0.4, -0.2) is 16.0 Å². The normalized spacial score (nSPS) is 10.2. The lowest BCUT2D eigenvalue weighted by Crippen LogP contribution is -2.03. The van der Waals surface area contributed by atoms with Crippen LogP contribution in [0.1, 0.15) is 16.1 Å². The van der Waals surface area contributed by atoms with Crippen LogP contribution in [0, 0.1) is 10.1 Å². The molecule has 20 heavy (non-hydrogen) atoms. The molecule has 0 fully saturated rings. The van der Waals surface area contributed by atoms with E-state index in [2.05, 4.69) is 15.9 Å². The first-order valence-electron chi connectivity index (χ1n) is 5.35. The number of aromatic carboxylic acids is 1. The molecule has 1 aromatic carbocycles. The minimum Gasteiger partial charge on any atom is -0.482 e. The molecule has 0 saturated carbocycles. The fourth-order valence-electron chi connectivity index (χ4n) is 1.55. The molecule has 0 saturated heterocycles. The Kier molecular flexibility index (Phi) is 4.04. The molecule has 7 nitrogen and oxygen atoms in total. The van der Waals surface area contributed by atoms with Crippen LogP contribution in [0.5, 0.6) is 5.75 Å². The monoisotopic (exact) mass is 341 g/mol. The predicted octanol–water partition coefficient (Wildman–Crippen LogP) is 3.23. The van der Waals surface area contributed by atoms with E-state index in [0.29, 0.717) is 10.0 Å². The van der Waals surface area contributed by atoms with Crippen molar-refractivity contribution in [3.63, 3.8) is 0 Å². The van der Waals surface area contributed by atoms with Crippen molar-refractivity contribution in [3.8, 4) is 5.75 Å². The second-order valence-corrected chi connectivity index (χ2v) is 4.65. The van der Waals surface area contributed by atoms with Crippen molar-refractivity contribution in [2.24, 2.45) is 0 Å². The second-order valence-electron chi connectivity index (χ2n) is 3.74. The van der Waals surface area contributed by atoms with Crippen molar-refractivity contribution < 1.29 is 24.0 Å². The van der Waals surface area contributed by atoms with Gasteiger partial charge in [0.15, 0.2) is 5.75 Å². The Hall–Kier alpha value is -2.35. The maximum atomic E-state index is 10.9. The maximum Gasteiger partial charge on any atom is 0.372 e. The van der Waals surface area contributed by atoms with Crippen LogP contribution < -0.4 is 4.74 Å². The zero-order valence-corrected chi connectivity index (χ0v) is 11.5. The number of furan rings is 1. The standard InChI is InChI=1S/C12H8BrNO6/c13-8-1-2-10(9(5-8)14(17)18)20-6-7-3-4-19-11(7)12(15)16/h1-5H,6H2,(H,15,16). The summed E-state index contributed by atoms with van der Waals surface area (Å²) in [7, 11) is 0. The SMILES string of the molecule is O=C(O)c1occc1COc1ccc(Br)cc1[N+](=O)[O-]. The van der Waals surface area contributed by atoms with Gasteiger partial charge in [-0.1, -0.05) is 15.9 Å². The van der Waals surface area contributed by atoms with Gasteiger partial charge in [-0.2, -0.15) is 0 Å². The van der Waals surface area contributed by atoms with Gasteiger partial charge >= 0.3 is 11.7 Å². The third-order valence-electron chi connectivity index (χ3n) is 2.44. The fraction of sp³-hybridized carbons (Fsp3) is 0.0833. The van der Waals surface area contributed by atoms with Crippen LogP contribution >= 0.6 is 15.9 Å². The van der Waals surface area contributed by atoms with Crippen molar-refractivity contribution in [1.82, 2.24) is 0 Å². The van der Waals surface area contributed by atoms with Gasteiger partial charge < -0.3 is 14.3 Å². The summed E-state index contributed by atoms with van der Waals surface area (Å²) >= 11 is 3.13. The van der Waals surface area contributed by atoms with Gasteiger partial charge in [0.05, 0.1) is 11.2 Å². The molecular weight excluding hydrogens is 334 g/mol. The van der Waals surface area contributed by atoms with Crippen LogP contribution in [-0.2, 0) is 6.61 Å². The highest BCUT2D eigenvalue weighted by Gasteiger charge is 2.18. The molecule has 104 valence electrons. The molecule has 0 radical (unpaired) electrons. The van der Waals surface area contributed by atoms with Gasteiger partial charge in [0.25, 0.3) is 0 Å². The lowest BCUT2D eigenvalue weighted by molar-refractivity contribution is -0.386. The molecule has 0 amide bonds. The van der Waals surface area contributed by atoms with Crippen molar-refractivity contribution in [2.75, 3.05) is 0 Å². The molecule has 0 unspecified atom stereocenters. The third kappa shape index (κ3) is 2.97. The Morgan fingerprint density at radius 2 is 2.20 bits per heavy atom. The number of rotatable bonds is 5. The van der Waals surface area contributed by atoms with Crippen LogP contribution in [0.4, 0.5) is 5.69 Å². The fourth-order valence-corrected chi connectivity index (χ4v) is 1.90. The zero-order valence-electron chi connectivity index (χ0n) is 9.91. The smallest absolute Gasteiger partial charge is 0.372 e. The van der Waals surface area contributed by atoms with Gasteiger partial charge in [-0.05, 0) is 18.2 Å². The van der Waals surface area contributed by atoms with Crippen LogP contribution in [0.3, 0.4) is 0 Å². The van der Waals surface area contributed by atoms with E-state index in [1.165, 1.54) is 24.5 Å². The summed E-state index contributed by atoms with van der Waals surface area (Å²) in [5.41, 5.74) is 0.0921. The van der Waals surface area contributed by atoms with E-state index in [1.54, 1.807) is 6.07 Å². The van der Waals surface area contributed by atoms with Crippen molar-refractivity contribution in [3.05, 3.63) is 56.4 Å². The highest BCUT2D eigenvalue weighted by atomic mass is 79.9. The topological polar surface area (TPSA) is 103 Å². The number of hydrogen-bond donors (Lipinski definition) is 1. The van der Waals surface area contributed by atoms with Gasteiger partial charge in [0.1, 0.15) is 6.61 Å². The predicted molar refractivity (Wildman–Crippen MR) is 70.8 cm³/mol. The molecule has 0 atom stereocenters. The molecule has 0 aliphatic heterocycles. The van der Waals surface area contributed by atoms with Crippen molar-refractivity contribution in [2.45, 2.75) is 6.61 Å². The summed E-state index contributed by atoms with van der Waals surface area (Å²) in [6.45, 7) is -0.138.